The maximum Gasteiger partial charge on any atom is 0.322 e. The molecule has 0 heterocycles. The molecule has 1 fully saturated rings. The van der Waals surface area contributed by atoms with E-state index in [1.165, 1.54) is 7.11 Å². The zero-order valence-electron chi connectivity index (χ0n) is 11.7. The molecule has 0 aliphatic heterocycles. The number of hydrogen-bond donors (Lipinski definition) is 1. The molecule has 1 unspecified atom stereocenters. The summed E-state index contributed by atoms with van der Waals surface area (Å²) in [6.07, 6.45) is 2.86. The maximum atomic E-state index is 11.8. The Hall–Kier alpha value is -1.10. The van der Waals surface area contributed by atoms with E-state index in [1.54, 1.807) is 4.90 Å². The summed E-state index contributed by atoms with van der Waals surface area (Å²) in [6, 6.07) is 0.00697. The lowest BCUT2D eigenvalue weighted by atomic mass is 10.0. The van der Waals surface area contributed by atoms with Crippen molar-refractivity contribution in [2.24, 2.45) is 5.92 Å². The lowest BCUT2D eigenvalue weighted by Crippen LogP contribution is -2.45. The summed E-state index contributed by atoms with van der Waals surface area (Å²) < 4.78 is 4.74. The van der Waals surface area contributed by atoms with Crippen molar-refractivity contribution in [1.29, 1.82) is 0 Å². The second kappa shape index (κ2) is 6.73. The molecule has 0 spiro atoms. The Morgan fingerprint density at radius 3 is 2.44 bits per heavy atom. The van der Waals surface area contributed by atoms with Crippen molar-refractivity contribution in [1.82, 2.24) is 10.2 Å². The Morgan fingerprint density at radius 1 is 1.39 bits per heavy atom. The molecule has 1 rings (SSSR count). The van der Waals surface area contributed by atoms with Gasteiger partial charge in [0, 0.05) is 13.1 Å². The smallest absolute Gasteiger partial charge is 0.322 e. The monoisotopic (exact) mass is 256 g/mol. The first-order valence-corrected chi connectivity index (χ1v) is 6.52. The molecule has 1 N–H and O–H groups in total. The van der Waals surface area contributed by atoms with Crippen LogP contribution in [0.1, 0.15) is 33.1 Å². The minimum atomic E-state index is -0.397. The number of carbonyl (C=O) groups is 2. The van der Waals surface area contributed by atoms with E-state index in [4.69, 9.17) is 4.74 Å². The third-order valence-electron chi connectivity index (χ3n) is 3.18. The second-order valence-electron chi connectivity index (χ2n) is 5.32. The molecule has 0 bridgehead atoms. The molecule has 1 aliphatic rings. The lowest BCUT2D eigenvalue weighted by molar-refractivity contribution is -0.143. The highest BCUT2D eigenvalue weighted by atomic mass is 16.5. The number of nitrogens with one attached hydrogen (secondary N) is 1. The van der Waals surface area contributed by atoms with Crippen molar-refractivity contribution in [3.05, 3.63) is 0 Å². The van der Waals surface area contributed by atoms with Crippen molar-refractivity contribution in [3.63, 3.8) is 0 Å². The molecule has 0 aromatic heterocycles. The third-order valence-corrected chi connectivity index (χ3v) is 3.18. The molecular formula is C13H24N2O3. The summed E-state index contributed by atoms with van der Waals surface area (Å²) in [6.45, 7) is 4.27. The van der Waals surface area contributed by atoms with E-state index in [0.29, 0.717) is 18.4 Å². The lowest BCUT2D eigenvalue weighted by Gasteiger charge is -2.21. The molecule has 0 radical (unpaired) electrons. The van der Waals surface area contributed by atoms with Crippen LogP contribution in [0.3, 0.4) is 0 Å². The zero-order valence-corrected chi connectivity index (χ0v) is 11.7. The zero-order chi connectivity index (χ0) is 13.7. The quantitative estimate of drug-likeness (QED) is 0.684. The molecule has 0 aromatic rings. The van der Waals surface area contributed by atoms with Gasteiger partial charge in [0.25, 0.3) is 0 Å². The highest BCUT2D eigenvalue weighted by molar-refractivity contribution is 5.80. The van der Waals surface area contributed by atoms with E-state index < -0.39 is 6.04 Å². The Morgan fingerprint density at radius 2 is 2.00 bits per heavy atom. The number of ether oxygens (including phenoxy) is 1. The number of methoxy groups -OCH3 is 1. The topological polar surface area (TPSA) is 58.6 Å². The number of esters is 1. The van der Waals surface area contributed by atoms with Crippen molar-refractivity contribution in [2.45, 2.75) is 45.2 Å². The van der Waals surface area contributed by atoms with Gasteiger partial charge in [-0.25, -0.2) is 0 Å². The molecule has 1 amide bonds. The van der Waals surface area contributed by atoms with Crippen LogP contribution in [-0.4, -0.2) is 49.6 Å². The molecule has 104 valence electrons. The number of nitrogens with zero attached hydrogens (tertiary/aromatic N) is 1. The molecule has 0 saturated heterocycles. The molecule has 1 aliphatic carbocycles. The third kappa shape index (κ3) is 4.64. The molecule has 0 aromatic carbocycles. The summed E-state index contributed by atoms with van der Waals surface area (Å²) in [5.41, 5.74) is 0. The fraction of sp³-hybridized carbons (Fsp3) is 0.846. The van der Waals surface area contributed by atoms with E-state index in [1.807, 2.05) is 20.9 Å². The van der Waals surface area contributed by atoms with E-state index in [0.717, 1.165) is 12.8 Å². The number of rotatable bonds is 7. The van der Waals surface area contributed by atoms with Crippen LogP contribution < -0.4 is 5.32 Å². The summed E-state index contributed by atoms with van der Waals surface area (Å²) in [4.78, 5) is 25.2. The van der Waals surface area contributed by atoms with Gasteiger partial charge in [-0.05, 0) is 25.2 Å². The number of carbonyl (C=O) groups excluding carboxylic acids is 2. The van der Waals surface area contributed by atoms with Crippen molar-refractivity contribution >= 4 is 11.9 Å². The van der Waals surface area contributed by atoms with Gasteiger partial charge >= 0.3 is 5.97 Å². The average molecular weight is 256 g/mol. The van der Waals surface area contributed by atoms with Gasteiger partial charge in [-0.3, -0.25) is 14.9 Å². The van der Waals surface area contributed by atoms with E-state index >= 15 is 0 Å². The normalized spacial score (nSPS) is 16.5. The van der Waals surface area contributed by atoms with E-state index in [-0.39, 0.29) is 18.4 Å². The van der Waals surface area contributed by atoms with Crippen molar-refractivity contribution in [3.8, 4) is 0 Å². The van der Waals surface area contributed by atoms with Gasteiger partial charge in [0.15, 0.2) is 0 Å². The minimum absolute atomic E-state index is 0.0372. The highest BCUT2D eigenvalue weighted by Gasteiger charge is 2.30. The fourth-order valence-electron chi connectivity index (χ4n) is 1.88. The van der Waals surface area contributed by atoms with Crippen LogP contribution in [0.15, 0.2) is 0 Å². The minimum Gasteiger partial charge on any atom is -0.468 e. The standard InChI is InChI=1S/C13H24N2O3/c1-9(2)7-11(13(17)18-4)14-8-12(16)15(3)10-5-6-10/h9-11,14H,5-8H2,1-4H3. The largest absolute Gasteiger partial charge is 0.468 e. The van der Waals surface area contributed by atoms with Crippen LogP contribution in [0.5, 0.6) is 0 Å². The summed E-state index contributed by atoms with van der Waals surface area (Å²) in [5, 5.41) is 3.00. The second-order valence-corrected chi connectivity index (χ2v) is 5.32. The first-order chi connectivity index (χ1) is 8.45. The predicted molar refractivity (Wildman–Crippen MR) is 69.1 cm³/mol. The van der Waals surface area contributed by atoms with Gasteiger partial charge in [-0.2, -0.15) is 0 Å². The Balaban J connectivity index is 2.40. The van der Waals surface area contributed by atoms with Gasteiger partial charge in [0.1, 0.15) is 6.04 Å². The van der Waals surface area contributed by atoms with Gasteiger partial charge in [0.05, 0.1) is 13.7 Å². The Bertz CT molecular complexity index is 301. The number of amides is 1. The molecular weight excluding hydrogens is 232 g/mol. The van der Waals surface area contributed by atoms with Crippen LogP contribution in [0.4, 0.5) is 0 Å². The molecule has 1 saturated carbocycles. The van der Waals surface area contributed by atoms with Crippen molar-refractivity contribution < 1.29 is 14.3 Å². The predicted octanol–water partition coefficient (Wildman–Crippen LogP) is 0.785. The highest BCUT2D eigenvalue weighted by Crippen LogP contribution is 2.25. The van der Waals surface area contributed by atoms with Crippen LogP contribution in [-0.2, 0) is 14.3 Å². The molecule has 5 heteroatoms. The van der Waals surface area contributed by atoms with Crippen LogP contribution in [0.2, 0.25) is 0 Å². The SMILES string of the molecule is COC(=O)C(CC(C)C)NCC(=O)N(C)C1CC1. The van der Waals surface area contributed by atoms with Gasteiger partial charge in [-0.15, -0.1) is 0 Å². The molecule has 5 nitrogen and oxygen atoms in total. The number of hydrogen-bond acceptors (Lipinski definition) is 4. The molecule has 1 atom stereocenters. The molecule has 18 heavy (non-hydrogen) atoms. The van der Waals surface area contributed by atoms with E-state index in [9.17, 15) is 9.59 Å². The Labute approximate surface area is 109 Å². The van der Waals surface area contributed by atoms with Crippen LogP contribution in [0.25, 0.3) is 0 Å². The first kappa shape index (κ1) is 15.0. The number of likely N-dealkylation sites (N-methyl/N-ethyl adjacent to an activating group) is 1. The Kier molecular flexibility index (Phi) is 5.59. The van der Waals surface area contributed by atoms with Gasteiger partial charge in [0.2, 0.25) is 5.91 Å². The maximum absolute atomic E-state index is 11.8. The van der Waals surface area contributed by atoms with Gasteiger partial charge < -0.3 is 9.64 Å². The van der Waals surface area contributed by atoms with Crippen molar-refractivity contribution in [2.75, 3.05) is 20.7 Å². The fourth-order valence-corrected chi connectivity index (χ4v) is 1.88. The summed E-state index contributed by atoms with van der Waals surface area (Å²) >= 11 is 0. The van der Waals surface area contributed by atoms with E-state index in [2.05, 4.69) is 5.32 Å². The first-order valence-electron chi connectivity index (χ1n) is 6.52. The van der Waals surface area contributed by atoms with Crippen LogP contribution in [0, 0.1) is 5.92 Å². The van der Waals surface area contributed by atoms with Gasteiger partial charge in [-0.1, -0.05) is 13.8 Å². The summed E-state index contributed by atoms with van der Waals surface area (Å²) in [5.74, 6) is 0.110. The average Bonchev–Trinajstić information content (AvgIpc) is 3.15. The summed E-state index contributed by atoms with van der Waals surface area (Å²) in [7, 11) is 3.19. The van der Waals surface area contributed by atoms with Crippen LogP contribution >= 0.6 is 0 Å².